The molecule has 0 atom stereocenters. The maximum Gasteiger partial charge on any atom is 0.322 e. The van der Waals surface area contributed by atoms with Crippen molar-refractivity contribution in [2.45, 2.75) is 17.7 Å². The van der Waals surface area contributed by atoms with Crippen LogP contribution < -0.4 is 9.62 Å². The summed E-state index contributed by atoms with van der Waals surface area (Å²) in [7, 11) is -3.75. The maximum absolute atomic E-state index is 13.2. The molecule has 0 bridgehead atoms. The average molecular weight is 451 g/mol. The van der Waals surface area contributed by atoms with Gasteiger partial charge in [-0.15, -0.1) is 5.10 Å². The normalized spacial score (nSPS) is 13.6. The zero-order valence-corrected chi connectivity index (χ0v) is 17.4. The first kappa shape index (κ1) is 19.9. The average Bonchev–Trinajstić information content (AvgIpc) is 3.51. The van der Waals surface area contributed by atoms with E-state index < -0.39 is 15.9 Å². The molecule has 1 N–H and O–H groups in total. The van der Waals surface area contributed by atoms with Crippen molar-refractivity contribution in [1.82, 2.24) is 15.4 Å². The van der Waals surface area contributed by atoms with Crippen molar-refractivity contribution in [3.05, 3.63) is 71.9 Å². The number of benzene rings is 2. The van der Waals surface area contributed by atoms with Crippen LogP contribution in [0.3, 0.4) is 0 Å². The maximum atomic E-state index is 13.2. The predicted octanol–water partition coefficient (Wildman–Crippen LogP) is 3.12. The second-order valence-electron chi connectivity index (χ2n) is 7.08. The van der Waals surface area contributed by atoms with Gasteiger partial charge in [0.25, 0.3) is 21.8 Å². The van der Waals surface area contributed by atoms with E-state index >= 15 is 0 Å². The molecular formula is C21H17N5O5S. The Bertz CT molecular complexity index is 1360. The van der Waals surface area contributed by atoms with E-state index in [4.69, 9.17) is 8.94 Å². The van der Waals surface area contributed by atoms with Crippen molar-refractivity contribution in [2.75, 3.05) is 16.2 Å². The first-order valence-electron chi connectivity index (χ1n) is 9.79. The smallest absolute Gasteiger partial charge is 0.322 e. The van der Waals surface area contributed by atoms with Gasteiger partial charge in [0.2, 0.25) is 5.76 Å². The number of para-hydroxylation sites is 1. The van der Waals surface area contributed by atoms with Gasteiger partial charge in [-0.25, -0.2) is 8.42 Å². The Morgan fingerprint density at radius 1 is 1.03 bits per heavy atom. The van der Waals surface area contributed by atoms with Crippen LogP contribution in [0.5, 0.6) is 0 Å². The van der Waals surface area contributed by atoms with Gasteiger partial charge >= 0.3 is 6.01 Å². The molecule has 32 heavy (non-hydrogen) atoms. The Morgan fingerprint density at radius 2 is 1.84 bits per heavy atom. The van der Waals surface area contributed by atoms with Crippen LogP contribution in [0.2, 0.25) is 0 Å². The molecule has 10 nitrogen and oxygen atoms in total. The molecular weight excluding hydrogens is 434 g/mol. The summed E-state index contributed by atoms with van der Waals surface area (Å²) in [5.74, 6) is -0.182. The first-order valence-corrected chi connectivity index (χ1v) is 11.2. The molecule has 0 saturated carbocycles. The number of fused-ring (bicyclic) bond motifs is 1. The number of nitrogens with one attached hydrogen (secondary N) is 1. The van der Waals surface area contributed by atoms with E-state index in [1.54, 1.807) is 6.07 Å². The van der Waals surface area contributed by atoms with Crippen molar-refractivity contribution in [3.8, 4) is 11.7 Å². The van der Waals surface area contributed by atoms with E-state index in [1.165, 1.54) is 34.8 Å². The fourth-order valence-corrected chi connectivity index (χ4v) is 5.06. The third-order valence-electron chi connectivity index (χ3n) is 5.07. The van der Waals surface area contributed by atoms with E-state index in [-0.39, 0.29) is 28.1 Å². The number of amides is 1. The number of hydrogen-bond acceptors (Lipinski definition) is 8. The summed E-state index contributed by atoms with van der Waals surface area (Å²) < 4.78 is 38.1. The van der Waals surface area contributed by atoms with Crippen LogP contribution in [0.25, 0.3) is 11.7 Å². The van der Waals surface area contributed by atoms with Crippen LogP contribution in [0.15, 0.2) is 74.6 Å². The highest BCUT2D eigenvalue weighted by Gasteiger charge is 2.29. The van der Waals surface area contributed by atoms with Crippen molar-refractivity contribution in [3.63, 3.8) is 0 Å². The molecule has 0 fully saturated rings. The molecule has 2 aromatic heterocycles. The summed E-state index contributed by atoms with van der Waals surface area (Å²) in [6.07, 6.45) is 3.02. The predicted molar refractivity (Wildman–Crippen MR) is 113 cm³/mol. The molecule has 0 aliphatic carbocycles. The number of nitrogens with zero attached hydrogens (tertiary/aromatic N) is 4. The number of rotatable bonds is 5. The summed E-state index contributed by atoms with van der Waals surface area (Å²) in [5.41, 5.74) is 1.93. The molecule has 0 saturated heterocycles. The molecule has 0 unspecified atom stereocenters. The summed E-state index contributed by atoms with van der Waals surface area (Å²) in [6, 6.07) is 14.6. The van der Waals surface area contributed by atoms with E-state index in [1.807, 2.05) is 24.3 Å². The lowest BCUT2D eigenvalue weighted by Gasteiger charge is -2.30. The van der Waals surface area contributed by atoms with Crippen molar-refractivity contribution in [1.29, 1.82) is 0 Å². The fraction of sp³-hybridized carbons (Fsp3) is 0.143. The third kappa shape index (κ3) is 3.62. The Labute approximate surface area is 182 Å². The highest BCUT2D eigenvalue weighted by Crippen LogP contribution is 2.31. The summed E-state index contributed by atoms with van der Waals surface area (Å²) in [5, 5.41) is 13.5. The molecule has 1 aliphatic heterocycles. The zero-order valence-electron chi connectivity index (χ0n) is 16.6. The number of aryl methyl sites for hydroxylation is 1. The van der Waals surface area contributed by atoms with Crippen LogP contribution in [0, 0.1) is 0 Å². The molecule has 2 aromatic carbocycles. The van der Waals surface area contributed by atoms with Crippen molar-refractivity contribution < 1.29 is 22.2 Å². The lowest BCUT2D eigenvalue weighted by atomic mass is 10.0. The minimum atomic E-state index is -3.75. The SMILES string of the molecule is O=C(Nc1nnc(-c2ccno2)o1)c1ccc(S(=O)(=O)N2CCCc3ccccc32)cc1. The van der Waals surface area contributed by atoms with Gasteiger partial charge in [-0.3, -0.25) is 14.4 Å². The van der Waals surface area contributed by atoms with Crippen molar-refractivity contribution >= 4 is 27.6 Å². The van der Waals surface area contributed by atoms with E-state index in [2.05, 4.69) is 20.7 Å². The number of carbonyl (C=O) groups is 1. The molecule has 1 aliphatic rings. The molecule has 5 rings (SSSR count). The van der Waals surface area contributed by atoms with Gasteiger partial charge in [0.15, 0.2) is 0 Å². The van der Waals surface area contributed by atoms with Crippen molar-refractivity contribution in [2.24, 2.45) is 0 Å². The molecule has 1 amide bonds. The Morgan fingerprint density at radius 3 is 2.62 bits per heavy atom. The summed E-state index contributed by atoms with van der Waals surface area (Å²) >= 11 is 0. The molecule has 0 spiro atoms. The van der Waals surface area contributed by atoms with Gasteiger partial charge in [-0.1, -0.05) is 28.5 Å². The summed E-state index contributed by atoms with van der Waals surface area (Å²) in [6.45, 7) is 0.409. The van der Waals surface area contributed by atoms with Gasteiger partial charge in [0.1, 0.15) is 0 Å². The fourth-order valence-electron chi connectivity index (χ4n) is 3.52. The van der Waals surface area contributed by atoms with Gasteiger partial charge < -0.3 is 8.94 Å². The van der Waals surface area contributed by atoms with E-state index in [0.29, 0.717) is 12.2 Å². The third-order valence-corrected chi connectivity index (χ3v) is 6.89. The summed E-state index contributed by atoms with van der Waals surface area (Å²) in [4.78, 5) is 12.6. The Kier molecular flexibility index (Phi) is 4.94. The van der Waals surface area contributed by atoms with Gasteiger partial charge in [-0.2, -0.15) is 0 Å². The number of anilines is 2. The topological polar surface area (TPSA) is 131 Å². The van der Waals surface area contributed by atoms with Crippen LogP contribution in [0.4, 0.5) is 11.7 Å². The highest BCUT2D eigenvalue weighted by atomic mass is 32.2. The zero-order chi connectivity index (χ0) is 22.1. The van der Waals surface area contributed by atoms with Gasteiger partial charge in [-0.05, 0) is 48.7 Å². The van der Waals surface area contributed by atoms with Gasteiger partial charge in [0, 0.05) is 18.2 Å². The highest BCUT2D eigenvalue weighted by molar-refractivity contribution is 7.92. The van der Waals surface area contributed by atoms with E-state index in [0.717, 1.165) is 18.4 Å². The lowest BCUT2D eigenvalue weighted by molar-refractivity contribution is 0.102. The minimum Gasteiger partial charge on any atom is -0.400 e. The minimum absolute atomic E-state index is 0.0704. The number of aromatic nitrogens is 3. The molecule has 162 valence electrons. The quantitative estimate of drug-likeness (QED) is 0.490. The molecule has 4 aromatic rings. The second kappa shape index (κ2) is 7.93. The lowest BCUT2D eigenvalue weighted by Crippen LogP contribution is -2.35. The first-order chi connectivity index (χ1) is 15.5. The molecule has 3 heterocycles. The van der Waals surface area contributed by atoms with Crippen LogP contribution >= 0.6 is 0 Å². The monoisotopic (exact) mass is 451 g/mol. The number of carbonyl (C=O) groups excluding carboxylic acids is 1. The molecule has 11 heteroatoms. The van der Waals surface area contributed by atoms with Gasteiger partial charge in [0.05, 0.1) is 16.8 Å². The molecule has 0 radical (unpaired) electrons. The van der Waals surface area contributed by atoms with Crippen LogP contribution in [-0.4, -0.2) is 36.2 Å². The standard InChI is InChI=1S/C21H17N5O5S/c27-19(23-21-25-24-20(30-21)18-11-12-22-31-18)15-7-9-16(10-8-15)32(28,29)26-13-3-5-14-4-1-2-6-17(14)26/h1-2,4,6-12H,3,5,13H2,(H,23,25,27). The second-order valence-corrected chi connectivity index (χ2v) is 8.94. The van der Waals surface area contributed by atoms with Crippen LogP contribution in [-0.2, 0) is 16.4 Å². The Balaban J connectivity index is 1.33. The largest absolute Gasteiger partial charge is 0.400 e. The van der Waals surface area contributed by atoms with Crippen LogP contribution in [0.1, 0.15) is 22.3 Å². The number of sulfonamides is 1. The van der Waals surface area contributed by atoms with E-state index in [9.17, 15) is 13.2 Å². The number of hydrogen-bond donors (Lipinski definition) is 1. The Hall–Kier alpha value is -3.99.